The highest BCUT2D eigenvalue weighted by molar-refractivity contribution is 8.13. The van der Waals surface area contributed by atoms with Crippen LogP contribution in [0, 0.1) is 5.82 Å². The van der Waals surface area contributed by atoms with Gasteiger partial charge in [0.1, 0.15) is 0 Å². The second kappa shape index (κ2) is 4.81. The van der Waals surface area contributed by atoms with Crippen molar-refractivity contribution in [2.45, 2.75) is 6.42 Å². The van der Waals surface area contributed by atoms with Gasteiger partial charge < -0.3 is 4.74 Å². The maximum absolute atomic E-state index is 13.2. The van der Waals surface area contributed by atoms with Gasteiger partial charge in [0.15, 0.2) is 11.6 Å². The summed E-state index contributed by atoms with van der Waals surface area (Å²) in [7, 11) is 2.82. The van der Waals surface area contributed by atoms with E-state index in [1.165, 1.54) is 19.2 Å². The molecule has 0 radical (unpaired) electrons. The van der Waals surface area contributed by atoms with Crippen molar-refractivity contribution in [3.63, 3.8) is 0 Å². The Balaban J connectivity index is 2.90. The highest BCUT2D eigenvalue weighted by Crippen LogP contribution is 2.23. The third-order valence-corrected chi connectivity index (χ3v) is 3.02. The molecule has 0 aliphatic rings. The van der Waals surface area contributed by atoms with E-state index in [2.05, 4.69) is 0 Å². The van der Waals surface area contributed by atoms with Gasteiger partial charge in [-0.3, -0.25) is 0 Å². The number of ether oxygens (including phenoxy) is 1. The molecule has 1 aromatic carbocycles. The summed E-state index contributed by atoms with van der Waals surface area (Å²) in [5.41, 5.74) is 0.488. The number of para-hydroxylation sites is 1. The first kappa shape index (κ1) is 12.3. The fourth-order valence-corrected chi connectivity index (χ4v) is 1.91. The van der Waals surface area contributed by atoms with Crippen LogP contribution in [0.4, 0.5) is 4.39 Å². The number of aryl methyl sites for hydroxylation is 1. The van der Waals surface area contributed by atoms with Crippen molar-refractivity contribution < 1.29 is 17.5 Å². The van der Waals surface area contributed by atoms with E-state index >= 15 is 0 Å². The quantitative estimate of drug-likeness (QED) is 0.770. The second-order valence-electron chi connectivity index (χ2n) is 2.93. The Morgan fingerprint density at radius 1 is 1.47 bits per heavy atom. The second-order valence-corrected chi connectivity index (χ2v) is 5.82. The average molecular weight is 253 g/mol. The molecule has 0 atom stereocenters. The van der Waals surface area contributed by atoms with Crippen molar-refractivity contribution in [3.8, 4) is 5.75 Å². The third-order valence-electron chi connectivity index (χ3n) is 1.87. The normalized spacial score (nSPS) is 11.4. The minimum Gasteiger partial charge on any atom is -0.493 e. The Morgan fingerprint density at radius 3 is 2.67 bits per heavy atom. The van der Waals surface area contributed by atoms with E-state index in [1.54, 1.807) is 6.07 Å². The molecular formula is C9H10ClFO3S. The van der Waals surface area contributed by atoms with Crippen LogP contribution in [0.15, 0.2) is 18.2 Å². The zero-order valence-electron chi connectivity index (χ0n) is 8.04. The number of methoxy groups -OCH3 is 1. The Bertz CT molecular complexity index is 445. The van der Waals surface area contributed by atoms with Gasteiger partial charge in [-0.1, -0.05) is 12.1 Å². The van der Waals surface area contributed by atoms with Gasteiger partial charge in [-0.25, -0.2) is 12.8 Å². The Morgan fingerprint density at radius 2 is 2.13 bits per heavy atom. The van der Waals surface area contributed by atoms with Gasteiger partial charge in [0.25, 0.3) is 0 Å². The van der Waals surface area contributed by atoms with Crippen LogP contribution in [-0.2, 0) is 15.5 Å². The van der Waals surface area contributed by atoms with Crippen LogP contribution in [0.25, 0.3) is 0 Å². The molecule has 0 aliphatic heterocycles. The van der Waals surface area contributed by atoms with Gasteiger partial charge in [-0.15, -0.1) is 0 Å². The monoisotopic (exact) mass is 252 g/mol. The molecule has 0 saturated heterocycles. The van der Waals surface area contributed by atoms with Crippen molar-refractivity contribution in [3.05, 3.63) is 29.6 Å². The first-order valence-electron chi connectivity index (χ1n) is 4.18. The zero-order valence-corrected chi connectivity index (χ0v) is 9.61. The van der Waals surface area contributed by atoms with Crippen LogP contribution in [0.5, 0.6) is 5.75 Å². The SMILES string of the molecule is COc1c(F)cccc1CCS(=O)(=O)Cl. The van der Waals surface area contributed by atoms with E-state index in [9.17, 15) is 12.8 Å². The summed E-state index contributed by atoms with van der Waals surface area (Å²) in [6.45, 7) is 0. The predicted octanol–water partition coefficient (Wildman–Crippen LogP) is 1.95. The van der Waals surface area contributed by atoms with Gasteiger partial charge in [0, 0.05) is 10.7 Å². The van der Waals surface area contributed by atoms with Crippen LogP contribution in [0.3, 0.4) is 0 Å². The smallest absolute Gasteiger partial charge is 0.232 e. The molecule has 0 spiro atoms. The van der Waals surface area contributed by atoms with E-state index < -0.39 is 14.9 Å². The highest BCUT2D eigenvalue weighted by Gasteiger charge is 2.12. The molecule has 0 heterocycles. The molecule has 84 valence electrons. The molecule has 3 nitrogen and oxygen atoms in total. The van der Waals surface area contributed by atoms with Crippen molar-refractivity contribution in [2.75, 3.05) is 12.9 Å². The Kier molecular flexibility index (Phi) is 3.93. The molecule has 0 aromatic heterocycles. The minimum absolute atomic E-state index is 0.0674. The summed E-state index contributed by atoms with van der Waals surface area (Å²) in [6, 6.07) is 4.34. The summed E-state index contributed by atoms with van der Waals surface area (Å²) >= 11 is 0. The fraction of sp³-hybridized carbons (Fsp3) is 0.333. The van der Waals surface area contributed by atoms with E-state index in [0.717, 1.165) is 0 Å². The molecule has 0 N–H and O–H groups in total. The topological polar surface area (TPSA) is 43.4 Å². The molecule has 0 amide bonds. The standard InChI is InChI=1S/C9H10ClFO3S/c1-14-9-7(3-2-4-8(9)11)5-6-15(10,12)13/h2-4H,5-6H2,1H3. The molecule has 0 unspecified atom stereocenters. The first-order chi connectivity index (χ1) is 6.94. The lowest BCUT2D eigenvalue weighted by Crippen LogP contribution is -2.03. The van der Waals surface area contributed by atoms with E-state index in [4.69, 9.17) is 15.4 Å². The summed E-state index contributed by atoms with van der Waals surface area (Å²) in [5, 5.41) is 0. The van der Waals surface area contributed by atoms with Gasteiger partial charge in [-0.2, -0.15) is 0 Å². The van der Waals surface area contributed by atoms with Crippen molar-refractivity contribution in [1.82, 2.24) is 0 Å². The van der Waals surface area contributed by atoms with E-state index in [1.807, 2.05) is 0 Å². The fourth-order valence-electron chi connectivity index (χ4n) is 1.21. The number of hydrogen-bond acceptors (Lipinski definition) is 3. The number of benzene rings is 1. The lowest BCUT2D eigenvalue weighted by molar-refractivity contribution is 0.382. The Hall–Kier alpha value is -0.810. The molecule has 0 aliphatic carbocycles. The summed E-state index contributed by atoms with van der Waals surface area (Å²) in [6.07, 6.45) is 0.132. The van der Waals surface area contributed by atoms with E-state index in [-0.39, 0.29) is 17.9 Å². The largest absolute Gasteiger partial charge is 0.493 e. The van der Waals surface area contributed by atoms with Crippen LogP contribution >= 0.6 is 10.7 Å². The number of rotatable bonds is 4. The molecule has 15 heavy (non-hydrogen) atoms. The predicted molar refractivity (Wildman–Crippen MR) is 56.3 cm³/mol. The zero-order chi connectivity index (χ0) is 11.5. The Labute approximate surface area is 92.2 Å². The van der Waals surface area contributed by atoms with Crippen LogP contribution < -0.4 is 4.74 Å². The molecule has 0 saturated carbocycles. The van der Waals surface area contributed by atoms with Gasteiger partial charge >= 0.3 is 0 Å². The van der Waals surface area contributed by atoms with Gasteiger partial charge in [-0.05, 0) is 18.1 Å². The molecule has 1 aromatic rings. The highest BCUT2D eigenvalue weighted by atomic mass is 35.7. The lowest BCUT2D eigenvalue weighted by atomic mass is 10.1. The maximum atomic E-state index is 13.2. The summed E-state index contributed by atoms with van der Waals surface area (Å²) in [4.78, 5) is 0. The third kappa shape index (κ3) is 3.68. The molecule has 0 fully saturated rings. The van der Waals surface area contributed by atoms with Crippen LogP contribution in [-0.4, -0.2) is 21.3 Å². The van der Waals surface area contributed by atoms with Crippen molar-refractivity contribution >= 4 is 19.7 Å². The maximum Gasteiger partial charge on any atom is 0.232 e. The number of hydrogen-bond donors (Lipinski definition) is 0. The summed E-state index contributed by atoms with van der Waals surface area (Å²) in [5.74, 6) is -0.686. The minimum atomic E-state index is -3.57. The first-order valence-corrected chi connectivity index (χ1v) is 6.65. The lowest BCUT2D eigenvalue weighted by Gasteiger charge is -2.07. The van der Waals surface area contributed by atoms with E-state index in [0.29, 0.717) is 5.56 Å². The average Bonchev–Trinajstić information content (AvgIpc) is 2.13. The molecular weight excluding hydrogens is 243 g/mol. The summed E-state index contributed by atoms with van der Waals surface area (Å²) < 4.78 is 39.4. The molecule has 0 bridgehead atoms. The number of halogens is 2. The van der Waals surface area contributed by atoms with Crippen LogP contribution in [0.1, 0.15) is 5.56 Å². The van der Waals surface area contributed by atoms with Gasteiger partial charge in [0.2, 0.25) is 9.05 Å². The van der Waals surface area contributed by atoms with Crippen molar-refractivity contribution in [2.24, 2.45) is 0 Å². The van der Waals surface area contributed by atoms with Crippen molar-refractivity contribution in [1.29, 1.82) is 0 Å². The molecule has 1 rings (SSSR count). The molecule has 6 heteroatoms. The van der Waals surface area contributed by atoms with Crippen LogP contribution in [0.2, 0.25) is 0 Å². The van der Waals surface area contributed by atoms with Gasteiger partial charge in [0.05, 0.1) is 12.9 Å².